The van der Waals surface area contributed by atoms with Crippen molar-refractivity contribution in [2.75, 3.05) is 29.9 Å². The van der Waals surface area contributed by atoms with Crippen molar-refractivity contribution in [3.63, 3.8) is 0 Å². The molecule has 1 aliphatic rings. The summed E-state index contributed by atoms with van der Waals surface area (Å²) in [6, 6.07) is 13.3. The number of amides is 1. The van der Waals surface area contributed by atoms with Crippen molar-refractivity contribution in [2.24, 2.45) is 5.41 Å². The molecular weight excluding hydrogens is 403 g/mol. The number of nitrogens with one attached hydrogen (secondary N) is 1. The average Bonchev–Trinajstić information content (AvgIpc) is 2.87. The highest BCUT2D eigenvalue weighted by atomic mass is 35.5. The third-order valence-electron chi connectivity index (χ3n) is 5.37. The van der Waals surface area contributed by atoms with Gasteiger partial charge in [-0.15, -0.1) is 0 Å². The first-order valence-corrected chi connectivity index (χ1v) is 10.7. The Labute approximate surface area is 183 Å². The molecular formula is C24H30ClFN2O2. The standard InChI is InChI=1S/C24H30ClFN2O2/c1-23(2,3)16-21(29)27-22-19(25)14-18(15-20(22)26)28-11-10-24(4,30-13-12-28)17-8-6-5-7-9-17/h5-9,14-15H,10-13,16H2,1-4H3,(H,27,29)/t24-/m0/s1. The second-order valence-electron chi connectivity index (χ2n) is 9.25. The zero-order chi connectivity index (χ0) is 21.9. The van der Waals surface area contributed by atoms with Crippen LogP contribution in [0.3, 0.4) is 0 Å². The van der Waals surface area contributed by atoms with E-state index in [0.717, 1.165) is 12.0 Å². The SMILES string of the molecule is CC(C)(C)CC(=O)Nc1c(F)cc(N2CCO[C@](C)(c3ccccc3)CC2)cc1Cl. The van der Waals surface area contributed by atoms with E-state index in [-0.39, 0.29) is 34.1 Å². The van der Waals surface area contributed by atoms with Crippen LogP contribution in [0.2, 0.25) is 5.02 Å². The Balaban J connectivity index is 1.74. The average molecular weight is 433 g/mol. The summed E-state index contributed by atoms with van der Waals surface area (Å²) in [7, 11) is 0. The molecule has 1 atom stereocenters. The number of ether oxygens (including phenoxy) is 1. The highest BCUT2D eigenvalue weighted by molar-refractivity contribution is 6.34. The van der Waals surface area contributed by atoms with Crippen LogP contribution in [-0.2, 0) is 15.1 Å². The van der Waals surface area contributed by atoms with Crippen molar-refractivity contribution in [3.05, 3.63) is 58.9 Å². The Hall–Kier alpha value is -2.11. The fraction of sp³-hybridized carbons (Fsp3) is 0.458. The van der Waals surface area contributed by atoms with E-state index in [2.05, 4.69) is 29.3 Å². The van der Waals surface area contributed by atoms with Gasteiger partial charge in [-0.2, -0.15) is 0 Å². The lowest BCUT2D eigenvalue weighted by molar-refractivity contribution is -0.117. The minimum Gasteiger partial charge on any atom is -0.369 e. The topological polar surface area (TPSA) is 41.6 Å². The number of hydrogen-bond donors (Lipinski definition) is 1. The third-order valence-corrected chi connectivity index (χ3v) is 5.67. The van der Waals surface area contributed by atoms with Crippen molar-refractivity contribution in [3.8, 4) is 0 Å². The molecule has 1 aliphatic heterocycles. The van der Waals surface area contributed by atoms with Crippen LogP contribution in [0, 0.1) is 11.2 Å². The van der Waals surface area contributed by atoms with Crippen molar-refractivity contribution < 1.29 is 13.9 Å². The molecule has 1 heterocycles. The highest BCUT2D eigenvalue weighted by Crippen LogP contribution is 2.35. The van der Waals surface area contributed by atoms with Gasteiger partial charge >= 0.3 is 0 Å². The lowest BCUT2D eigenvalue weighted by atomic mass is 9.92. The molecule has 3 rings (SSSR count). The molecule has 2 aromatic carbocycles. The molecule has 2 aromatic rings. The smallest absolute Gasteiger partial charge is 0.225 e. The minimum absolute atomic E-state index is 0.0369. The molecule has 0 aliphatic carbocycles. The van der Waals surface area contributed by atoms with Crippen LogP contribution < -0.4 is 10.2 Å². The normalized spacial score (nSPS) is 20.0. The summed E-state index contributed by atoms with van der Waals surface area (Å²) in [5, 5.41) is 2.82. The van der Waals surface area contributed by atoms with Gasteiger partial charge in [0.1, 0.15) is 5.82 Å². The molecule has 0 spiro atoms. The molecule has 1 N–H and O–H groups in total. The van der Waals surface area contributed by atoms with Crippen LogP contribution in [0.5, 0.6) is 0 Å². The fourth-order valence-electron chi connectivity index (χ4n) is 3.72. The van der Waals surface area contributed by atoms with Crippen LogP contribution in [0.1, 0.15) is 46.1 Å². The first-order valence-electron chi connectivity index (χ1n) is 10.3. The maximum Gasteiger partial charge on any atom is 0.225 e. The predicted octanol–water partition coefficient (Wildman–Crippen LogP) is 6.00. The lowest BCUT2D eigenvalue weighted by Crippen LogP contribution is -2.28. The maximum atomic E-state index is 14.8. The van der Waals surface area contributed by atoms with Gasteiger partial charge in [-0.3, -0.25) is 4.79 Å². The number of carbonyl (C=O) groups excluding carboxylic acids is 1. The monoisotopic (exact) mass is 432 g/mol. The van der Waals surface area contributed by atoms with E-state index >= 15 is 0 Å². The number of rotatable bonds is 4. The summed E-state index contributed by atoms with van der Waals surface area (Å²) >= 11 is 6.35. The van der Waals surface area contributed by atoms with E-state index in [9.17, 15) is 9.18 Å². The van der Waals surface area contributed by atoms with Gasteiger partial charge in [0.2, 0.25) is 5.91 Å². The van der Waals surface area contributed by atoms with E-state index in [4.69, 9.17) is 16.3 Å². The maximum absolute atomic E-state index is 14.8. The molecule has 0 aromatic heterocycles. The number of anilines is 2. The zero-order valence-electron chi connectivity index (χ0n) is 18.1. The molecule has 0 unspecified atom stereocenters. The Morgan fingerprint density at radius 2 is 1.93 bits per heavy atom. The number of nitrogens with zero attached hydrogens (tertiary/aromatic N) is 1. The Bertz CT molecular complexity index is 875. The molecule has 0 bridgehead atoms. The molecule has 6 heteroatoms. The second-order valence-corrected chi connectivity index (χ2v) is 9.66. The van der Waals surface area contributed by atoms with Gasteiger partial charge in [0.05, 0.1) is 22.9 Å². The van der Waals surface area contributed by atoms with E-state index in [1.165, 1.54) is 6.07 Å². The van der Waals surface area contributed by atoms with Crippen molar-refractivity contribution >= 4 is 28.9 Å². The van der Waals surface area contributed by atoms with Crippen LogP contribution >= 0.6 is 11.6 Å². The Morgan fingerprint density at radius 3 is 2.57 bits per heavy atom. The largest absolute Gasteiger partial charge is 0.369 e. The number of halogens is 2. The molecule has 4 nitrogen and oxygen atoms in total. The van der Waals surface area contributed by atoms with Crippen molar-refractivity contribution in [1.82, 2.24) is 0 Å². The third kappa shape index (κ3) is 5.52. The van der Waals surface area contributed by atoms with Crippen LogP contribution in [0.4, 0.5) is 15.8 Å². The molecule has 162 valence electrons. The van der Waals surface area contributed by atoms with Gasteiger partial charge in [-0.25, -0.2) is 4.39 Å². The van der Waals surface area contributed by atoms with E-state index in [1.54, 1.807) is 6.07 Å². The first-order chi connectivity index (χ1) is 14.1. The van der Waals surface area contributed by atoms with Gasteiger partial charge in [-0.05, 0) is 36.5 Å². The highest BCUT2D eigenvalue weighted by Gasteiger charge is 2.31. The molecule has 0 saturated carbocycles. The second kappa shape index (κ2) is 8.94. The van der Waals surface area contributed by atoms with Gasteiger partial charge in [0.25, 0.3) is 0 Å². The lowest BCUT2D eigenvalue weighted by Gasteiger charge is -2.29. The summed E-state index contributed by atoms with van der Waals surface area (Å²) in [4.78, 5) is 14.3. The summed E-state index contributed by atoms with van der Waals surface area (Å²) < 4.78 is 21.0. The molecule has 1 fully saturated rings. The van der Waals surface area contributed by atoms with Crippen LogP contribution in [-0.4, -0.2) is 25.6 Å². The molecule has 1 amide bonds. The van der Waals surface area contributed by atoms with E-state index < -0.39 is 5.82 Å². The number of hydrogen-bond acceptors (Lipinski definition) is 3. The van der Waals surface area contributed by atoms with Gasteiger partial charge in [0.15, 0.2) is 0 Å². The quantitative estimate of drug-likeness (QED) is 0.644. The van der Waals surface area contributed by atoms with Gasteiger partial charge in [0, 0.05) is 25.2 Å². The summed E-state index contributed by atoms with van der Waals surface area (Å²) in [5.74, 6) is -0.784. The van der Waals surface area contributed by atoms with Gasteiger partial charge in [-0.1, -0.05) is 62.7 Å². The van der Waals surface area contributed by atoms with E-state index in [1.807, 2.05) is 39.0 Å². The van der Waals surface area contributed by atoms with Crippen molar-refractivity contribution in [2.45, 2.75) is 46.1 Å². The van der Waals surface area contributed by atoms with Crippen molar-refractivity contribution in [1.29, 1.82) is 0 Å². The minimum atomic E-state index is -0.532. The van der Waals surface area contributed by atoms with Crippen LogP contribution in [0.15, 0.2) is 42.5 Å². The van der Waals surface area contributed by atoms with Gasteiger partial charge < -0.3 is 15.0 Å². The Morgan fingerprint density at radius 1 is 1.23 bits per heavy atom. The Kier molecular flexibility index (Phi) is 6.73. The summed E-state index contributed by atoms with van der Waals surface area (Å²) in [5.41, 5.74) is 1.28. The first kappa shape index (κ1) is 22.6. The summed E-state index contributed by atoms with van der Waals surface area (Å²) in [6.45, 7) is 9.82. The number of benzene rings is 2. The van der Waals surface area contributed by atoms with E-state index in [0.29, 0.717) is 25.4 Å². The molecule has 1 saturated heterocycles. The number of carbonyl (C=O) groups is 1. The summed E-state index contributed by atoms with van der Waals surface area (Å²) in [6.07, 6.45) is 1.05. The van der Waals surface area contributed by atoms with Crippen LogP contribution in [0.25, 0.3) is 0 Å². The fourth-order valence-corrected chi connectivity index (χ4v) is 3.97. The predicted molar refractivity (Wildman–Crippen MR) is 121 cm³/mol. The molecule has 0 radical (unpaired) electrons. The zero-order valence-corrected chi connectivity index (χ0v) is 18.9. The molecule has 30 heavy (non-hydrogen) atoms.